The molecule has 0 aliphatic carbocycles. The number of benzene rings is 1. The van der Waals surface area contributed by atoms with Gasteiger partial charge in [-0.3, -0.25) is 4.79 Å². The van der Waals surface area contributed by atoms with E-state index in [0.717, 1.165) is 30.1 Å². The van der Waals surface area contributed by atoms with Crippen molar-refractivity contribution in [2.45, 2.75) is 19.9 Å². The van der Waals surface area contributed by atoms with E-state index >= 15 is 0 Å². The molecular weight excluding hydrogens is 481 g/mol. The fourth-order valence-electron chi connectivity index (χ4n) is 2.62. The van der Waals surface area contributed by atoms with E-state index in [9.17, 15) is 4.79 Å². The summed E-state index contributed by atoms with van der Waals surface area (Å²) in [7, 11) is 5.12. The lowest BCUT2D eigenvalue weighted by atomic mass is 10.1. The number of carbonyl (C=O) groups is 1. The third-order valence-electron chi connectivity index (χ3n) is 4.06. The van der Waals surface area contributed by atoms with Crippen LogP contribution in [0.25, 0.3) is 0 Å². The first-order valence-electron chi connectivity index (χ1n) is 9.35. The molecule has 7 nitrogen and oxygen atoms in total. The number of guanidine groups is 1. The molecule has 0 radical (unpaired) electrons. The van der Waals surface area contributed by atoms with Crippen LogP contribution in [0, 0.1) is 0 Å². The van der Waals surface area contributed by atoms with Gasteiger partial charge in [0, 0.05) is 45.0 Å². The third-order valence-corrected chi connectivity index (χ3v) is 4.06. The van der Waals surface area contributed by atoms with Crippen LogP contribution in [-0.2, 0) is 13.0 Å². The van der Waals surface area contributed by atoms with E-state index < -0.39 is 0 Å². The predicted octanol–water partition coefficient (Wildman–Crippen LogP) is 2.71. The van der Waals surface area contributed by atoms with Gasteiger partial charge in [0.05, 0.1) is 13.7 Å². The number of rotatable bonds is 8. The average molecular weight is 511 g/mol. The molecule has 0 unspecified atom stereocenters. The molecule has 1 aromatic heterocycles. The van der Waals surface area contributed by atoms with Crippen molar-refractivity contribution in [1.29, 1.82) is 0 Å². The summed E-state index contributed by atoms with van der Waals surface area (Å²) < 4.78 is 5.15. The van der Waals surface area contributed by atoms with E-state index in [1.807, 2.05) is 43.3 Å². The zero-order valence-corrected chi connectivity index (χ0v) is 19.8. The van der Waals surface area contributed by atoms with Crippen LogP contribution in [0.2, 0.25) is 0 Å². The SMILES string of the molecule is CCNC(=NCc1ccnc(OC)c1)NCCc1cccc(C(=O)N(C)C)c1.I. The summed E-state index contributed by atoms with van der Waals surface area (Å²) >= 11 is 0. The highest BCUT2D eigenvalue weighted by atomic mass is 127. The number of aromatic nitrogens is 1. The van der Waals surface area contributed by atoms with Crippen molar-refractivity contribution in [3.63, 3.8) is 0 Å². The van der Waals surface area contributed by atoms with Gasteiger partial charge in [0.15, 0.2) is 5.96 Å². The number of nitrogens with one attached hydrogen (secondary N) is 2. The standard InChI is InChI=1S/C21H29N5O2.HI/c1-5-22-21(25-15-17-10-11-23-19(14-17)28-4)24-12-9-16-7-6-8-18(13-16)20(27)26(2)3;/h6-8,10-11,13-14H,5,9,12,15H2,1-4H3,(H2,22,24,25);1H. The molecule has 1 aromatic carbocycles. The largest absolute Gasteiger partial charge is 0.481 e. The van der Waals surface area contributed by atoms with E-state index in [2.05, 4.69) is 20.6 Å². The molecule has 0 aliphatic heterocycles. The van der Waals surface area contributed by atoms with Gasteiger partial charge >= 0.3 is 0 Å². The molecule has 1 amide bonds. The Morgan fingerprint density at radius 2 is 1.97 bits per heavy atom. The number of amides is 1. The summed E-state index contributed by atoms with van der Waals surface area (Å²) in [5, 5.41) is 6.58. The molecule has 0 saturated heterocycles. The molecule has 8 heteroatoms. The fraction of sp³-hybridized carbons (Fsp3) is 0.381. The second-order valence-corrected chi connectivity index (χ2v) is 6.48. The quantitative estimate of drug-likeness (QED) is 0.324. The molecule has 0 atom stereocenters. The third kappa shape index (κ3) is 8.26. The summed E-state index contributed by atoms with van der Waals surface area (Å²) in [6.07, 6.45) is 2.51. The number of hydrogen-bond donors (Lipinski definition) is 2. The van der Waals surface area contributed by atoms with Crippen molar-refractivity contribution < 1.29 is 9.53 Å². The van der Waals surface area contributed by atoms with Crippen molar-refractivity contribution in [3.05, 3.63) is 59.3 Å². The molecule has 0 saturated carbocycles. The minimum Gasteiger partial charge on any atom is -0.481 e. The van der Waals surface area contributed by atoms with E-state index in [1.165, 1.54) is 0 Å². The van der Waals surface area contributed by atoms with Crippen molar-refractivity contribution in [1.82, 2.24) is 20.5 Å². The summed E-state index contributed by atoms with van der Waals surface area (Å²) in [6.45, 7) is 4.05. The number of halogens is 1. The number of pyridine rings is 1. The van der Waals surface area contributed by atoms with Gasteiger partial charge in [-0.05, 0) is 42.7 Å². The zero-order chi connectivity index (χ0) is 20.4. The molecule has 2 N–H and O–H groups in total. The lowest BCUT2D eigenvalue weighted by Gasteiger charge is -2.13. The van der Waals surface area contributed by atoms with Crippen LogP contribution in [0.4, 0.5) is 0 Å². The maximum absolute atomic E-state index is 12.1. The Morgan fingerprint density at radius 1 is 1.17 bits per heavy atom. The number of ether oxygens (including phenoxy) is 1. The van der Waals surface area contributed by atoms with Crippen LogP contribution in [0.15, 0.2) is 47.6 Å². The minimum absolute atomic E-state index is 0. The molecule has 0 fully saturated rings. The molecule has 2 rings (SSSR count). The Labute approximate surface area is 190 Å². The lowest BCUT2D eigenvalue weighted by molar-refractivity contribution is 0.0827. The highest BCUT2D eigenvalue weighted by Gasteiger charge is 2.08. The average Bonchev–Trinajstić information content (AvgIpc) is 2.71. The van der Waals surface area contributed by atoms with Crippen LogP contribution in [0.3, 0.4) is 0 Å². The van der Waals surface area contributed by atoms with E-state index in [0.29, 0.717) is 24.5 Å². The van der Waals surface area contributed by atoms with Crippen LogP contribution >= 0.6 is 24.0 Å². The summed E-state index contributed by atoms with van der Waals surface area (Å²) in [6, 6.07) is 11.5. The molecule has 0 spiro atoms. The lowest BCUT2D eigenvalue weighted by Crippen LogP contribution is -2.38. The molecule has 2 aromatic rings. The predicted molar refractivity (Wildman–Crippen MR) is 127 cm³/mol. The van der Waals surface area contributed by atoms with E-state index in [1.54, 1.807) is 32.3 Å². The Bertz CT molecular complexity index is 811. The van der Waals surface area contributed by atoms with Crippen molar-refractivity contribution in [2.75, 3.05) is 34.3 Å². The second-order valence-electron chi connectivity index (χ2n) is 6.48. The normalized spacial score (nSPS) is 10.7. The first-order chi connectivity index (χ1) is 13.5. The van der Waals surface area contributed by atoms with Gasteiger partial charge in [-0.15, -0.1) is 24.0 Å². The Balaban J connectivity index is 0.00000420. The van der Waals surface area contributed by atoms with Gasteiger partial charge in [-0.25, -0.2) is 9.98 Å². The highest BCUT2D eigenvalue weighted by molar-refractivity contribution is 14.0. The molecule has 0 bridgehead atoms. The van der Waals surface area contributed by atoms with Crippen LogP contribution in [0.5, 0.6) is 5.88 Å². The zero-order valence-electron chi connectivity index (χ0n) is 17.4. The molecule has 0 aliphatic rings. The van der Waals surface area contributed by atoms with Crippen LogP contribution in [0.1, 0.15) is 28.4 Å². The number of aliphatic imine (C=N–C) groups is 1. The van der Waals surface area contributed by atoms with Gasteiger partial charge in [0.2, 0.25) is 5.88 Å². The van der Waals surface area contributed by atoms with Gasteiger partial charge < -0.3 is 20.3 Å². The van der Waals surface area contributed by atoms with Crippen LogP contribution in [-0.4, -0.2) is 56.0 Å². The molecular formula is C21H30IN5O2. The highest BCUT2D eigenvalue weighted by Crippen LogP contribution is 2.10. The van der Waals surface area contributed by atoms with Gasteiger partial charge in [0.25, 0.3) is 5.91 Å². The number of carbonyl (C=O) groups excluding carboxylic acids is 1. The molecule has 1 heterocycles. The smallest absolute Gasteiger partial charge is 0.253 e. The maximum Gasteiger partial charge on any atom is 0.253 e. The van der Waals surface area contributed by atoms with Gasteiger partial charge in [0.1, 0.15) is 0 Å². The van der Waals surface area contributed by atoms with Gasteiger partial charge in [-0.1, -0.05) is 12.1 Å². The van der Waals surface area contributed by atoms with Crippen molar-refractivity contribution in [3.8, 4) is 5.88 Å². The number of hydrogen-bond acceptors (Lipinski definition) is 4. The second kappa shape index (κ2) is 13.0. The van der Waals surface area contributed by atoms with Crippen molar-refractivity contribution in [2.24, 2.45) is 4.99 Å². The number of nitrogens with zero attached hydrogens (tertiary/aromatic N) is 3. The van der Waals surface area contributed by atoms with Gasteiger partial charge in [-0.2, -0.15) is 0 Å². The first-order valence-corrected chi connectivity index (χ1v) is 9.35. The Hall–Kier alpha value is -2.36. The minimum atomic E-state index is 0. The fourth-order valence-corrected chi connectivity index (χ4v) is 2.62. The monoisotopic (exact) mass is 511 g/mol. The number of methoxy groups -OCH3 is 1. The Kier molecular flexibility index (Phi) is 11.0. The van der Waals surface area contributed by atoms with E-state index in [-0.39, 0.29) is 29.9 Å². The molecule has 158 valence electrons. The van der Waals surface area contributed by atoms with Crippen molar-refractivity contribution >= 4 is 35.8 Å². The molecule has 29 heavy (non-hydrogen) atoms. The summed E-state index contributed by atoms with van der Waals surface area (Å²) in [5.74, 6) is 1.34. The topological polar surface area (TPSA) is 78.9 Å². The maximum atomic E-state index is 12.1. The van der Waals surface area contributed by atoms with Crippen LogP contribution < -0.4 is 15.4 Å². The van der Waals surface area contributed by atoms with E-state index in [4.69, 9.17) is 4.74 Å². The Morgan fingerprint density at radius 3 is 2.66 bits per heavy atom. The summed E-state index contributed by atoms with van der Waals surface area (Å²) in [5.41, 5.74) is 2.84. The first kappa shape index (κ1) is 24.7. The summed E-state index contributed by atoms with van der Waals surface area (Å²) in [4.78, 5) is 22.4.